The zero-order chi connectivity index (χ0) is 13.2. The molecule has 0 spiro atoms. The van der Waals surface area contributed by atoms with Gasteiger partial charge in [0.05, 0.1) is 12.3 Å². The molecule has 4 heteroatoms. The van der Waals surface area contributed by atoms with Crippen LogP contribution in [0.2, 0.25) is 0 Å². The van der Waals surface area contributed by atoms with Crippen molar-refractivity contribution in [3.05, 3.63) is 23.9 Å². The first-order valence-electron chi connectivity index (χ1n) is 6.50. The van der Waals surface area contributed by atoms with E-state index in [4.69, 9.17) is 9.47 Å². The normalized spacial score (nSPS) is 10.9. The average molecular weight is 252 g/mol. The molecule has 0 bridgehead atoms. The Balaban J connectivity index is 2.32. The minimum atomic E-state index is 0.643. The van der Waals surface area contributed by atoms with Gasteiger partial charge in [-0.05, 0) is 18.5 Å². The van der Waals surface area contributed by atoms with Crippen LogP contribution in [0.5, 0.6) is 5.88 Å². The van der Waals surface area contributed by atoms with E-state index in [0.717, 1.165) is 31.8 Å². The summed E-state index contributed by atoms with van der Waals surface area (Å²) in [7, 11) is 1.69. The molecule has 0 fully saturated rings. The van der Waals surface area contributed by atoms with Gasteiger partial charge in [-0.15, -0.1) is 0 Å². The largest absolute Gasteiger partial charge is 0.478 e. The highest BCUT2D eigenvalue weighted by molar-refractivity contribution is 5.15. The van der Waals surface area contributed by atoms with Crippen molar-refractivity contribution < 1.29 is 9.47 Å². The number of nitrogens with zero attached hydrogens (tertiary/aromatic N) is 1. The fourth-order valence-corrected chi connectivity index (χ4v) is 1.51. The third-order valence-electron chi connectivity index (χ3n) is 2.38. The van der Waals surface area contributed by atoms with Gasteiger partial charge in [-0.1, -0.05) is 19.9 Å². The van der Waals surface area contributed by atoms with E-state index >= 15 is 0 Å². The molecule has 1 heterocycles. The SMILES string of the molecule is COCCCOc1cccc(CNCC(C)C)n1. The van der Waals surface area contributed by atoms with E-state index in [2.05, 4.69) is 24.1 Å². The maximum Gasteiger partial charge on any atom is 0.213 e. The summed E-state index contributed by atoms with van der Waals surface area (Å²) in [6, 6.07) is 5.87. The number of ether oxygens (including phenoxy) is 2. The third kappa shape index (κ3) is 6.57. The zero-order valence-corrected chi connectivity index (χ0v) is 11.6. The van der Waals surface area contributed by atoms with Crippen LogP contribution in [0.1, 0.15) is 26.0 Å². The van der Waals surface area contributed by atoms with Crippen molar-refractivity contribution in [1.82, 2.24) is 10.3 Å². The van der Waals surface area contributed by atoms with Crippen LogP contribution in [-0.4, -0.2) is 31.9 Å². The van der Waals surface area contributed by atoms with Gasteiger partial charge in [-0.25, -0.2) is 4.98 Å². The molecule has 0 aliphatic rings. The lowest BCUT2D eigenvalue weighted by atomic mass is 10.2. The van der Waals surface area contributed by atoms with Crippen molar-refractivity contribution in [2.24, 2.45) is 5.92 Å². The van der Waals surface area contributed by atoms with Crippen LogP contribution < -0.4 is 10.1 Å². The lowest BCUT2D eigenvalue weighted by molar-refractivity contribution is 0.170. The molecular formula is C14H24N2O2. The first-order valence-corrected chi connectivity index (χ1v) is 6.50. The van der Waals surface area contributed by atoms with Crippen molar-refractivity contribution in [3.8, 4) is 5.88 Å². The zero-order valence-electron chi connectivity index (χ0n) is 11.6. The highest BCUT2D eigenvalue weighted by Gasteiger charge is 1.99. The number of aromatic nitrogens is 1. The standard InChI is InChI=1S/C14H24N2O2/c1-12(2)10-15-11-13-6-4-7-14(16-13)18-9-5-8-17-3/h4,6-7,12,15H,5,8-11H2,1-3H3. The first kappa shape index (κ1) is 14.9. The predicted molar refractivity (Wildman–Crippen MR) is 72.8 cm³/mol. The van der Waals surface area contributed by atoms with E-state index in [-0.39, 0.29) is 0 Å². The number of pyridine rings is 1. The molecule has 0 atom stereocenters. The van der Waals surface area contributed by atoms with Gasteiger partial charge in [0.2, 0.25) is 5.88 Å². The van der Waals surface area contributed by atoms with Crippen molar-refractivity contribution >= 4 is 0 Å². The van der Waals surface area contributed by atoms with Gasteiger partial charge in [0.1, 0.15) is 0 Å². The second kappa shape index (κ2) is 8.89. The van der Waals surface area contributed by atoms with Gasteiger partial charge in [0, 0.05) is 32.7 Å². The Kier molecular flexibility index (Phi) is 7.37. The highest BCUT2D eigenvalue weighted by Crippen LogP contribution is 2.08. The van der Waals surface area contributed by atoms with E-state index in [9.17, 15) is 0 Å². The second-order valence-electron chi connectivity index (χ2n) is 4.69. The van der Waals surface area contributed by atoms with Gasteiger partial charge >= 0.3 is 0 Å². The van der Waals surface area contributed by atoms with E-state index in [1.54, 1.807) is 7.11 Å². The van der Waals surface area contributed by atoms with Crippen molar-refractivity contribution in [3.63, 3.8) is 0 Å². The summed E-state index contributed by atoms with van der Waals surface area (Å²) in [6.07, 6.45) is 0.883. The number of rotatable bonds is 9. The Morgan fingerprint density at radius 1 is 1.28 bits per heavy atom. The monoisotopic (exact) mass is 252 g/mol. The molecule has 102 valence electrons. The van der Waals surface area contributed by atoms with Crippen LogP contribution in [0.4, 0.5) is 0 Å². The molecule has 0 saturated heterocycles. The fourth-order valence-electron chi connectivity index (χ4n) is 1.51. The number of hydrogen-bond donors (Lipinski definition) is 1. The number of nitrogens with one attached hydrogen (secondary N) is 1. The molecule has 1 aromatic heterocycles. The fraction of sp³-hybridized carbons (Fsp3) is 0.643. The van der Waals surface area contributed by atoms with Crippen LogP contribution in [0, 0.1) is 5.92 Å². The Hall–Kier alpha value is -1.13. The molecule has 1 aromatic rings. The summed E-state index contributed by atoms with van der Waals surface area (Å²) < 4.78 is 10.5. The Labute approximate surface area is 110 Å². The van der Waals surface area contributed by atoms with Crippen molar-refractivity contribution in [1.29, 1.82) is 0 Å². The topological polar surface area (TPSA) is 43.4 Å². The maximum atomic E-state index is 5.56. The van der Waals surface area contributed by atoms with E-state index < -0.39 is 0 Å². The van der Waals surface area contributed by atoms with Crippen LogP contribution in [0.25, 0.3) is 0 Å². The van der Waals surface area contributed by atoms with Crippen LogP contribution >= 0.6 is 0 Å². The molecule has 0 saturated carbocycles. The number of methoxy groups -OCH3 is 1. The molecule has 0 amide bonds. The lowest BCUT2D eigenvalue weighted by Crippen LogP contribution is -2.19. The summed E-state index contributed by atoms with van der Waals surface area (Å²) in [5.74, 6) is 1.34. The molecular weight excluding hydrogens is 228 g/mol. The summed E-state index contributed by atoms with van der Waals surface area (Å²) in [5, 5.41) is 3.37. The summed E-state index contributed by atoms with van der Waals surface area (Å²) in [4.78, 5) is 4.44. The van der Waals surface area contributed by atoms with Crippen molar-refractivity contribution in [2.75, 3.05) is 26.9 Å². The molecule has 0 aliphatic carbocycles. The molecule has 1 N–H and O–H groups in total. The van der Waals surface area contributed by atoms with E-state index in [0.29, 0.717) is 18.4 Å². The van der Waals surface area contributed by atoms with E-state index in [1.165, 1.54) is 0 Å². The quantitative estimate of drug-likeness (QED) is 0.685. The molecule has 0 aromatic carbocycles. The maximum absolute atomic E-state index is 5.56. The van der Waals surface area contributed by atoms with Crippen LogP contribution in [0.3, 0.4) is 0 Å². The third-order valence-corrected chi connectivity index (χ3v) is 2.38. The number of hydrogen-bond acceptors (Lipinski definition) is 4. The Morgan fingerprint density at radius 2 is 2.11 bits per heavy atom. The van der Waals surface area contributed by atoms with Crippen LogP contribution in [0.15, 0.2) is 18.2 Å². The summed E-state index contributed by atoms with van der Waals surface area (Å²) in [5.41, 5.74) is 1.01. The molecule has 0 radical (unpaired) electrons. The first-order chi connectivity index (χ1) is 8.72. The van der Waals surface area contributed by atoms with E-state index in [1.807, 2.05) is 18.2 Å². The molecule has 0 aliphatic heterocycles. The minimum absolute atomic E-state index is 0.643. The Bertz CT molecular complexity index is 329. The second-order valence-corrected chi connectivity index (χ2v) is 4.69. The summed E-state index contributed by atoms with van der Waals surface area (Å²) in [6.45, 7) is 7.53. The van der Waals surface area contributed by atoms with Gasteiger partial charge in [0.15, 0.2) is 0 Å². The summed E-state index contributed by atoms with van der Waals surface area (Å²) >= 11 is 0. The van der Waals surface area contributed by atoms with Gasteiger partial charge < -0.3 is 14.8 Å². The predicted octanol–water partition coefficient (Wildman–Crippen LogP) is 2.24. The smallest absolute Gasteiger partial charge is 0.213 e. The minimum Gasteiger partial charge on any atom is -0.478 e. The molecule has 4 nitrogen and oxygen atoms in total. The van der Waals surface area contributed by atoms with Crippen LogP contribution in [-0.2, 0) is 11.3 Å². The molecule has 1 rings (SSSR count). The lowest BCUT2D eigenvalue weighted by Gasteiger charge is -2.09. The molecule has 18 heavy (non-hydrogen) atoms. The molecule has 0 unspecified atom stereocenters. The van der Waals surface area contributed by atoms with Crippen molar-refractivity contribution in [2.45, 2.75) is 26.8 Å². The highest BCUT2D eigenvalue weighted by atomic mass is 16.5. The van der Waals surface area contributed by atoms with Gasteiger partial charge in [0.25, 0.3) is 0 Å². The average Bonchev–Trinajstić information content (AvgIpc) is 2.35. The van der Waals surface area contributed by atoms with Gasteiger partial charge in [-0.2, -0.15) is 0 Å². The van der Waals surface area contributed by atoms with Gasteiger partial charge in [-0.3, -0.25) is 0 Å². The Morgan fingerprint density at radius 3 is 2.83 bits per heavy atom.